The molecule has 6 nitrogen and oxygen atoms in total. The lowest BCUT2D eigenvalue weighted by atomic mass is 10.0. The van der Waals surface area contributed by atoms with Crippen LogP contribution in [0.2, 0.25) is 0 Å². The van der Waals surface area contributed by atoms with Gasteiger partial charge in [0.05, 0.1) is 28.3 Å². The molecule has 0 unspecified atom stereocenters. The van der Waals surface area contributed by atoms with Gasteiger partial charge in [-0.2, -0.15) is 4.99 Å². The summed E-state index contributed by atoms with van der Waals surface area (Å²) in [5.41, 5.74) is 1.02. The van der Waals surface area contributed by atoms with Crippen molar-refractivity contribution in [3.8, 4) is 5.75 Å². The van der Waals surface area contributed by atoms with Gasteiger partial charge in [-0.3, -0.25) is 9.59 Å². The standard InChI is InChI=1S/C20H27N3O3S2/c1-4-26-15-8-9-16-17(11-15)28-20(22(16)3)21-18(24)12-27-13-19(25)23-10-6-5-7-14(23)2/h8-9,11,14H,4-7,10,12-13H2,1-3H3/t14-/m0/s1. The molecule has 0 aliphatic carbocycles. The Morgan fingerprint density at radius 3 is 2.89 bits per heavy atom. The number of hydrogen-bond donors (Lipinski definition) is 0. The lowest BCUT2D eigenvalue weighted by Gasteiger charge is -2.33. The molecule has 0 saturated carbocycles. The van der Waals surface area contributed by atoms with Crippen LogP contribution in [0.3, 0.4) is 0 Å². The summed E-state index contributed by atoms with van der Waals surface area (Å²) in [4.78, 5) is 31.5. The first kappa shape index (κ1) is 20.9. The zero-order valence-corrected chi connectivity index (χ0v) is 18.3. The largest absolute Gasteiger partial charge is 0.494 e. The highest BCUT2D eigenvalue weighted by molar-refractivity contribution is 8.00. The van der Waals surface area contributed by atoms with Crippen molar-refractivity contribution in [3.05, 3.63) is 23.0 Å². The number of hydrogen-bond acceptors (Lipinski definition) is 5. The van der Waals surface area contributed by atoms with Crippen LogP contribution in [0.1, 0.15) is 33.1 Å². The van der Waals surface area contributed by atoms with Gasteiger partial charge in [-0.25, -0.2) is 0 Å². The molecule has 0 radical (unpaired) electrons. The molecule has 2 aromatic rings. The van der Waals surface area contributed by atoms with Crippen molar-refractivity contribution in [2.45, 2.75) is 39.2 Å². The van der Waals surface area contributed by atoms with Crippen LogP contribution in [-0.2, 0) is 16.6 Å². The van der Waals surface area contributed by atoms with E-state index in [0.717, 1.165) is 35.4 Å². The molecular formula is C20H27N3O3S2. The fourth-order valence-electron chi connectivity index (χ4n) is 3.39. The van der Waals surface area contributed by atoms with Gasteiger partial charge < -0.3 is 14.2 Å². The van der Waals surface area contributed by atoms with Gasteiger partial charge in [0.15, 0.2) is 4.80 Å². The van der Waals surface area contributed by atoms with E-state index in [9.17, 15) is 9.59 Å². The van der Waals surface area contributed by atoms with E-state index in [-0.39, 0.29) is 17.6 Å². The van der Waals surface area contributed by atoms with E-state index < -0.39 is 0 Å². The van der Waals surface area contributed by atoms with Crippen LogP contribution >= 0.6 is 23.1 Å². The Balaban J connectivity index is 1.61. The fourth-order valence-corrected chi connectivity index (χ4v) is 5.14. The summed E-state index contributed by atoms with van der Waals surface area (Å²) in [5, 5.41) is 0. The number of nitrogens with zero attached hydrogens (tertiary/aromatic N) is 3. The number of carbonyl (C=O) groups excluding carboxylic acids is 2. The van der Waals surface area contributed by atoms with Gasteiger partial charge in [-0.15, -0.1) is 11.8 Å². The molecule has 1 fully saturated rings. The number of fused-ring (bicyclic) bond motifs is 1. The lowest BCUT2D eigenvalue weighted by Crippen LogP contribution is -2.43. The molecule has 1 atom stereocenters. The van der Waals surface area contributed by atoms with Gasteiger partial charge in [0.1, 0.15) is 5.75 Å². The minimum atomic E-state index is -0.211. The number of aromatic nitrogens is 1. The second kappa shape index (κ2) is 9.60. The Bertz CT molecular complexity index is 919. The molecule has 152 valence electrons. The third-order valence-electron chi connectivity index (χ3n) is 4.89. The van der Waals surface area contributed by atoms with Crippen LogP contribution in [-0.4, -0.2) is 52.0 Å². The Hall–Kier alpha value is -1.80. The Labute approximate surface area is 173 Å². The van der Waals surface area contributed by atoms with Crippen molar-refractivity contribution in [3.63, 3.8) is 0 Å². The molecule has 0 bridgehead atoms. The predicted octanol–water partition coefficient (Wildman–Crippen LogP) is 3.20. The third-order valence-corrected chi connectivity index (χ3v) is 6.88. The topological polar surface area (TPSA) is 63.9 Å². The second-order valence-corrected chi connectivity index (χ2v) is 8.93. The van der Waals surface area contributed by atoms with Crippen LogP contribution in [0.5, 0.6) is 5.75 Å². The Morgan fingerprint density at radius 2 is 2.14 bits per heavy atom. The molecular weight excluding hydrogens is 394 g/mol. The minimum Gasteiger partial charge on any atom is -0.494 e. The number of carbonyl (C=O) groups is 2. The van der Waals surface area contributed by atoms with E-state index in [0.29, 0.717) is 23.2 Å². The quantitative estimate of drug-likeness (QED) is 0.719. The number of amides is 2. The first-order chi connectivity index (χ1) is 13.5. The first-order valence-electron chi connectivity index (χ1n) is 9.66. The summed E-state index contributed by atoms with van der Waals surface area (Å²) in [6, 6.07) is 6.18. The maximum atomic E-state index is 12.4. The average Bonchev–Trinajstić information content (AvgIpc) is 2.97. The van der Waals surface area contributed by atoms with Crippen LogP contribution in [0, 0.1) is 0 Å². The fraction of sp³-hybridized carbons (Fsp3) is 0.550. The molecule has 1 aromatic carbocycles. The zero-order chi connectivity index (χ0) is 20.1. The normalized spacial score (nSPS) is 17.9. The van der Waals surface area contributed by atoms with E-state index in [4.69, 9.17) is 4.74 Å². The molecule has 3 rings (SSSR count). The molecule has 28 heavy (non-hydrogen) atoms. The van der Waals surface area contributed by atoms with Crippen molar-refractivity contribution in [2.75, 3.05) is 24.7 Å². The number of likely N-dealkylation sites (tertiary alicyclic amines) is 1. The predicted molar refractivity (Wildman–Crippen MR) is 115 cm³/mol. The number of rotatable bonds is 6. The minimum absolute atomic E-state index is 0.126. The van der Waals surface area contributed by atoms with Crippen LogP contribution < -0.4 is 9.54 Å². The van der Waals surface area contributed by atoms with Crippen LogP contribution in [0.4, 0.5) is 0 Å². The molecule has 1 saturated heterocycles. The highest BCUT2D eigenvalue weighted by Gasteiger charge is 2.22. The number of piperidine rings is 1. The zero-order valence-electron chi connectivity index (χ0n) is 16.6. The van der Waals surface area contributed by atoms with E-state index in [1.165, 1.54) is 29.5 Å². The van der Waals surface area contributed by atoms with Crippen molar-refractivity contribution in [2.24, 2.45) is 12.0 Å². The summed E-state index contributed by atoms with van der Waals surface area (Å²) >= 11 is 2.81. The van der Waals surface area contributed by atoms with E-state index in [2.05, 4.69) is 11.9 Å². The molecule has 1 aliphatic heterocycles. The molecule has 0 N–H and O–H groups in total. The first-order valence-corrected chi connectivity index (χ1v) is 11.6. The van der Waals surface area contributed by atoms with E-state index >= 15 is 0 Å². The summed E-state index contributed by atoms with van der Waals surface area (Å²) in [6.07, 6.45) is 3.33. The van der Waals surface area contributed by atoms with Gasteiger partial charge in [0.2, 0.25) is 5.91 Å². The van der Waals surface area contributed by atoms with Crippen LogP contribution in [0.15, 0.2) is 23.2 Å². The average molecular weight is 422 g/mol. The smallest absolute Gasteiger partial charge is 0.258 e. The number of thioether (sulfide) groups is 1. The molecule has 2 heterocycles. The molecule has 1 aliphatic rings. The van der Waals surface area contributed by atoms with E-state index in [1.807, 2.05) is 41.6 Å². The number of thiazole rings is 1. The monoisotopic (exact) mass is 421 g/mol. The van der Waals surface area contributed by atoms with E-state index in [1.54, 1.807) is 0 Å². The summed E-state index contributed by atoms with van der Waals surface area (Å²) < 4.78 is 8.48. The summed E-state index contributed by atoms with van der Waals surface area (Å²) in [6.45, 7) is 5.50. The SMILES string of the molecule is CCOc1ccc2c(c1)sc(=NC(=O)CSCC(=O)N1CCCC[C@@H]1C)n2C. The summed E-state index contributed by atoms with van der Waals surface area (Å²) in [5.74, 6) is 1.28. The number of aryl methyl sites for hydroxylation is 1. The maximum Gasteiger partial charge on any atom is 0.258 e. The van der Waals surface area contributed by atoms with Crippen molar-refractivity contribution in [1.29, 1.82) is 0 Å². The van der Waals surface area contributed by atoms with Crippen molar-refractivity contribution >= 4 is 45.1 Å². The van der Waals surface area contributed by atoms with Gasteiger partial charge in [0.25, 0.3) is 5.91 Å². The van der Waals surface area contributed by atoms with Gasteiger partial charge >= 0.3 is 0 Å². The highest BCUT2D eigenvalue weighted by atomic mass is 32.2. The molecule has 2 amide bonds. The van der Waals surface area contributed by atoms with Crippen LogP contribution in [0.25, 0.3) is 10.2 Å². The number of ether oxygens (including phenoxy) is 1. The summed E-state index contributed by atoms with van der Waals surface area (Å²) in [7, 11) is 1.90. The lowest BCUT2D eigenvalue weighted by molar-refractivity contribution is -0.131. The molecule has 8 heteroatoms. The van der Waals surface area contributed by atoms with Crippen molar-refractivity contribution in [1.82, 2.24) is 9.47 Å². The van der Waals surface area contributed by atoms with Gasteiger partial charge in [0, 0.05) is 19.6 Å². The highest BCUT2D eigenvalue weighted by Crippen LogP contribution is 2.23. The maximum absolute atomic E-state index is 12.4. The second-order valence-electron chi connectivity index (χ2n) is 6.94. The molecule has 0 spiro atoms. The van der Waals surface area contributed by atoms with Crippen molar-refractivity contribution < 1.29 is 14.3 Å². The Kier molecular flexibility index (Phi) is 7.18. The molecule has 1 aromatic heterocycles. The number of benzene rings is 1. The van der Waals surface area contributed by atoms with Gasteiger partial charge in [-0.05, 0) is 51.3 Å². The van der Waals surface area contributed by atoms with Gasteiger partial charge in [-0.1, -0.05) is 11.3 Å². The third kappa shape index (κ3) is 4.97. The Morgan fingerprint density at radius 1 is 1.32 bits per heavy atom.